The smallest absolute Gasteiger partial charge is 0.228 e. The highest BCUT2D eigenvalue weighted by Crippen LogP contribution is 2.29. The fourth-order valence-corrected chi connectivity index (χ4v) is 2.90. The quantitative estimate of drug-likeness (QED) is 0.642. The molecule has 1 saturated heterocycles. The molecule has 6 nitrogen and oxygen atoms in total. The van der Waals surface area contributed by atoms with Crippen molar-refractivity contribution in [1.29, 1.82) is 0 Å². The molecule has 0 unspecified atom stereocenters. The van der Waals surface area contributed by atoms with Gasteiger partial charge < -0.3 is 9.64 Å². The predicted molar refractivity (Wildman–Crippen MR) is 92.9 cm³/mol. The molecule has 4 rings (SSSR count). The monoisotopic (exact) mass is 375 g/mol. The van der Waals surface area contributed by atoms with E-state index in [2.05, 4.69) is 19.9 Å². The summed E-state index contributed by atoms with van der Waals surface area (Å²) in [5.41, 5.74) is 2.24. The SMILES string of the molecule is Cc1nc2nc(N3CCOCC3)nc(-c3cc(F)c(F)c(F)c3)c2nc1C. The zero-order valence-electron chi connectivity index (χ0n) is 14.8. The Bertz CT molecular complexity index is 1010. The lowest BCUT2D eigenvalue weighted by atomic mass is 10.1. The van der Waals surface area contributed by atoms with Crippen LogP contribution in [0.15, 0.2) is 12.1 Å². The van der Waals surface area contributed by atoms with Crippen molar-refractivity contribution >= 4 is 17.1 Å². The van der Waals surface area contributed by atoms with Gasteiger partial charge >= 0.3 is 0 Å². The van der Waals surface area contributed by atoms with Crippen molar-refractivity contribution in [2.75, 3.05) is 31.2 Å². The average Bonchev–Trinajstić information content (AvgIpc) is 2.66. The Kier molecular flexibility index (Phi) is 4.39. The molecular weight excluding hydrogens is 359 g/mol. The van der Waals surface area contributed by atoms with E-state index >= 15 is 0 Å². The van der Waals surface area contributed by atoms with Crippen molar-refractivity contribution < 1.29 is 17.9 Å². The van der Waals surface area contributed by atoms with Gasteiger partial charge in [-0.3, -0.25) is 0 Å². The molecule has 3 heterocycles. The minimum Gasteiger partial charge on any atom is -0.378 e. The number of fused-ring (bicyclic) bond motifs is 1. The number of aromatic nitrogens is 4. The van der Waals surface area contributed by atoms with E-state index in [4.69, 9.17) is 4.74 Å². The second-order valence-corrected chi connectivity index (χ2v) is 6.29. The first kappa shape index (κ1) is 17.6. The predicted octanol–water partition coefficient (Wildman–Crippen LogP) is 2.96. The van der Waals surface area contributed by atoms with Crippen LogP contribution in [0.5, 0.6) is 0 Å². The minimum atomic E-state index is -1.52. The summed E-state index contributed by atoms with van der Waals surface area (Å²) in [6, 6.07) is 1.81. The molecular formula is C18H16F3N5O. The molecule has 1 aliphatic rings. The molecule has 0 saturated carbocycles. The van der Waals surface area contributed by atoms with Crippen molar-refractivity contribution in [3.05, 3.63) is 41.0 Å². The van der Waals surface area contributed by atoms with Gasteiger partial charge in [0.25, 0.3) is 0 Å². The van der Waals surface area contributed by atoms with Gasteiger partial charge in [-0.05, 0) is 26.0 Å². The average molecular weight is 375 g/mol. The standard InChI is InChI=1S/C18H16F3N5O/c1-9-10(2)23-17-16(22-9)15(11-7-12(19)14(21)13(20)8-11)24-18(25-17)26-3-5-27-6-4-26/h7-8H,3-6H2,1-2H3. The summed E-state index contributed by atoms with van der Waals surface area (Å²) in [4.78, 5) is 19.8. The topological polar surface area (TPSA) is 64.0 Å². The summed E-state index contributed by atoms with van der Waals surface area (Å²) in [5, 5.41) is 0. The van der Waals surface area contributed by atoms with Gasteiger partial charge in [0, 0.05) is 18.7 Å². The minimum absolute atomic E-state index is 0.0749. The normalized spacial score (nSPS) is 14.8. The van der Waals surface area contributed by atoms with Crippen molar-refractivity contribution in [3.63, 3.8) is 0 Å². The Labute approximate surface area is 153 Å². The molecule has 0 bridgehead atoms. The molecule has 3 aromatic rings. The Morgan fingerprint density at radius 2 is 1.52 bits per heavy atom. The van der Waals surface area contributed by atoms with Crippen LogP contribution in [-0.4, -0.2) is 46.2 Å². The van der Waals surface area contributed by atoms with Crippen LogP contribution in [0.2, 0.25) is 0 Å². The van der Waals surface area contributed by atoms with Crippen molar-refractivity contribution in [3.8, 4) is 11.3 Å². The summed E-state index contributed by atoms with van der Waals surface area (Å²) < 4.78 is 46.3. The summed E-state index contributed by atoms with van der Waals surface area (Å²) >= 11 is 0. The zero-order chi connectivity index (χ0) is 19.1. The number of hydrogen-bond acceptors (Lipinski definition) is 6. The van der Waals surface area contributed by atoms with Crippen LogP contribution in [0.25, 0.3) is 22.4 Å². The van der Waals surface area contributed by atoms with Crippen molar-refractivity contribution in [2.24, 2.45) is 0 Å². The molecule has 0 amide bonds. The van der Waals surface area contributed by atoms with Crippen LogP contribution in [-0.2, 0) is 4.74 Å². The number of rotatable bonds is 2. The molecule has 1 fully saturated rings. The number of morpholine rings is 1. The van der Waals surface area contributed by atoms with E-state index in [1.54, 1.807) is 13.8 Å². The van der Waals surface area contributed by atoms with Gasteiger partial charge in [-0.1, -0.05) is 0 Å². The second-order valence-electron chi connectivity index (χ2n) is 6.29. The van der Waals surface area contributed by atoms with E-state index in [9.17, 15) is 13.2 Å². The molecule has 27 heavy (non-hydrogen) atoms. The highest BCUT2D eigenvalue weighted by Gasteiger charge is 2.21. The summed E-state index contributed by atoms with van der Waals surface area (Å²) in [6.45, 7) is 5.78. The second kappa shape index (κ2) is 6.73. The zero-order valence-corrected chi connectivity index (χ0v) is 14.8. The van der Waals surface area contributed by atoms with Crippen LogP contribution >= 0.6 is 0 Å². The van der Waals surface area contributed by atoms with E-state index < -0.39 is 17.5 Å². The van der Waals surface area contributed by atoms with Crippen LogP contribution in [0.4, 0.5) is 19.1 Å². The lowest BCUT2D eigenvalue weighted by molar-refractivity contribution is 0.122. The van der Waals surface area contributed by atoms with Gasteiger partial charge in [0.15, 0.2) is 23.1 Å². The van der Waals surface area contributed by atoms with E-state index in [0.29, 0.717) is 54.8 Å². The number of hydrogen-bond donors (Lipinski definition) is 0. The van der Waals surface area contributed by atoms with Crippen LogP contribution < -0.4 is 4.90 Å². The Hall–Kier alpha value is -2.81. The first-order valence-electron chi connectivity index (χ1n) is 8.44. The largest absolute Gasteiger partial charge is 0.378 e. The van der Waals surface area contributed by atoms with Gasteiger partial charge in [0.05, 0.1) is 24.6 Å². The van der Waals surface area contributed by atoms with Crippen LogP contribution in [0, 0.1) is 31.3 Å². The number of benzene rings is 1. The Morgan fingerprint density at radius 3 is 2.19 bits per heavy atom. The molecule has 1 aliphatic heterocycles. The highest BCUT2D eigenvalue weighted by atomic mass is 19.2. The van der Waals surface area contributed by atoms with E-state index in [1.807, 2.05) is 4.90 Å². The highest BCUT2D eigenvalue weighted by molar-refractivity contribution is 5.88. The van der Waals surface area contributed by atoms with Gasteiger partial charge in [-0.15, -0.1) is 0 Å². The van der Waals surface area contributed by atoms with Crippen molar-refractivity contribution in [2.45, 2.75) is 13.8 Å². The molecule has 2 aromatic heterocycles. The number of anilines is 1. The summed E-state index contributed by atoms with van der Waals surface area (Å²) in [7, 11) is 0. The Morgan fingerprint density at radius 1 is 0.889 bits per heavy atom. The third kappa shape index (κ3) is 3.18. The first-order chi connectivity index (χ1) is 12.9. The first-order valence-corrected chi connectivity index (χ1v) is 8.44. The van der Waals surface area contributed by atoms with Crippen LogP contribution in [0.3, 0.4) is 0 Å². The molecule has 0 aliphatic carbocycles. The third-order valence-corrected chi connectivity index (χ3v) is 4.48. The number of nitrogens with zero attached hydrogens (tertiary/aromatic N) is 5. The lowest BCUT2D eigenvalue weighted by Crippen LogP contribution is -2.37. The third-order valence-electron chi connectivity index (χ3n) is 4.48. The summed E-state index contributed by atoms with van der Waals surface area (Å²) in [5.74, 6) is -3.74. The molecule has 0 radical (unpaired) electrons. The fourth-order valence-electron chi connectivity index (χ4n) is 2.90. The van der Waals surface area contributed by atoms with E-state index in [-0.39, 0.29) is 11.3 Å². The summed E-state index contributed by atoms with van der Waals surface area (Å²) in [6.07, 6.45) is 0. The molecule has 0 N–H and O–H groups in total. The molecule has 140 valence electrons. The number of ether oxygens (including phenoxy) is 1. The maximum absolute atomic E-state index is 13.8. The van der Waals surface area contributed by atoms with Gasteiger partial charge in [0.1, 0.15) is 11.2 Å². The van der Waals surface area contributed by atoms with E-state index in [0.717, 1.165) is 12.1 Å². The molecule has 9 heteroatoms. The molecule has 1 aromatic carbocycles. The lowest BCUT2D eigenvalue weighted by Gasteiger charge is -2.27. The van der Waals surface area contributed by atoms with E-state index in [1.165, 1.54) is 0 Å². The maximum atomic E-state index is 13.8. The number of aryl methyl sites for hydroxylation is 2. The Balaban J connectivity index is 1.97. The van der Waals surface area contributed by atoms with Gasteiger partial charge in [-0.2, -0.15) is 4.98 Å². The van der Waals surface area contributed by atoms with Crippen LogP contribution in [0.1, 0.15) is 11.4 Å². The maximum Gasteiger partial charge on any atom is 0.228 e. The molecule has 0 atom stereocenters. The number of halogens is 3. The van der Waals surface area contributed by atoms with Crippen molar-refractivity contribution in [1.82, 2.24) is 19.9 Å². The molecule has 0 spiro atoms. The fraction of sp³-hybridized carbons (Fsp3) is 0.333. The van der Waals surface area contributed by atoms with Gasteiger partial charge in [0.2, 0.25) is 5.95 Å². The van der Waals surface area contributed by atoms with Gasteiger partial charge in [-0.25, -0.2) is 28.1 Å².